The molecule has 1 aromatic rings. The van der Waals surface area contributed by atoms with Crippen LogP contribution >= 0.6 is 15.9 Å². The molecule has 0 aliphatic carbocycles. The lowest BCUT2D eigenvalue weighted by atomic mass is 10.6. The van der Waals surface area contributed by atoms with Gasteiger partial charge in [0.1, 0.15) is 0 Å². The predicted octanol–water partition coefficient (Wildman–Crippen LogP) is 0.390. The summed E-state index contributed by atoms with van der Waals surface area (Å²) in [5, 5.41) is 6.91. The number of carbonyl (C=O) groups excluding carboxylic acids is 1. The maximum Gasteiger partial charge on any atom is 0.173 e. The number of hydrogen-bond acceptors (Lipinski definition) is 3. The van der Waals surface area contributed by atoms with Crippen molar-refractivity contribution in [1.82, 2.24) is 15.0 Å². The van der Waals surface area contributed by atoms with E-state index in [2.05, 4.69) is 26.1 Å². The number of rotatable bonds is 1. The van der Waals surface area contributed by atoms with Crippen molar-refractivity contribution < 1.29 is 8.91 Å². The smallest absolute Gasteiger partial charge is 0.173 e. The molecule has 0 bridgehead atoms. The number of aryl methyl sites for hydroxylation is 1. The number of nitrogens with zero attached hydrogens (tertiary/aromatic N) is 3. The van der Waals surface area contributed by atoms with Gasteiger partial charge < -0.3 is 0 Å². The van der Waals surface area contributed by atoms with Crippen molar-refractivity contribution in [3.05, 3.63) is 10.3 Å². The van der Waals surface area contributed by atoms with Crippen molar-refractivity contribution in [3.8, 4) is 0 Å². The molecule has 9 heavy (non-hydrogen) atoms. The molecule has 0 aliphatic rings. The van der Waals surface area contributed by atoms with Gasteiger partial charge in [-0.25, -0.2) is 0 Å². The van der Waals surface area contributed by atoms with Gasteiger partial charge in [-0.1, -0.05) is 0 Å². The zero-order chi connectivity index (χ0) is 9.35. The van der Waals surface area contributed by atoms with Gasteiger partial charge in [0.05, 0.1) is 0 Å². The summed E-state index contributed by atoms with van der Waals surface area (Å²) in [6.45, 7) is -2.44. The molecule has 0 fully saturated rings. The van der Waals surface area contributed by atoms with Crippen molar-refractivity contribution in [2.24, 2.45) is 6.98 Å². The molecular formula is C4H4BrN3O. The van der Waals surface area contributed by atoms with Crippen LogP contribution < -0.4 is 0 Å². The first kappa shape index (κ1) is 3.46. The average Bonchev–Trinajstić information content (AvgIpc) is 2.29. The molecule has 0 unspecified atom stereocenters. The third kappa shape index (κ3) is 1.16. The topological polar surface area (TPSA) is 47.8 Å². The van der Waals surface area contributed by atoms with Crippen LogP contribution in [0.3, 0.4) is 0 Å². The predicted molar refractivity (Wildman–Crippen MR) is 34.1 cm³/mol. The van der Waals surface area contributed by atoms with Gasteiger partial charge in [-0.05, 0) is 15.9 Å². The minimum Gasteiger partial charge on any atom is -0.296 e. The third-order valence-corrected chi connectivity index (χ3v) is 1.27. The second kappa shape index (κ2) is 2.26. The van der Waals surface area contributed by atoms with Gasteiger partial charge in [0, 0.05) is 11.1 Å². The Balaban J connectivity index is 3.13. The summed E-state index contributed by atoms with van der Waals surface area (Å²) in [6, 6.07) is 0. The maximum absolute atomic E-state index is 10.2. The molecule has 1 aromatic heterocycles. The summed E-state index contributed by atoms with van der Waals surface area (Å²) in [5.41, 5.74) is -0.0221. The first-order valence-corrected chi connectivity index (χ1v) is 2.83. The molecule has 1 heterocycles. The lowest BCUT2D eigenvalue weighted by Gasteiger charge is -1.76. The monoisotopic (exact) mass is 192 g/mol. The molecule has 0 saturated heterocycles. The average molecular weight is 193 g/mol. The van der Waals surface area contributed by atoms with E-state index in [9.17, 15) is 4.79 Å². The van der Waals surface area contributed by atoms with Crippen molar-refractivity contribution in [2.45, 2.75) is 0 Å². The second-order valence-electron chi connectivity index (χ2n) is 1.28. The van der Waals surface area contributed by atoms with Crippen LogP contribution in [0, 0.1) is 0 Å². The molecule has 48 valence electrons. The second-order valence-corrected chi connectivity index (χ2v) is 2.03. The van der Waals surface area contributed by atoms with E-state index in [1.165, 1.54) is 0 Å². The third-order valence-electron chi connectivity index (χ3n) is 0.708. The fourth-order valence-corrected chi connectivity index (χ4v) is 0.695. The first-order valence-electron chi connectivity index (χ1n) is 3.53. The molecule has 0 radical (unpaired) electrons. The Hall–Kier alpha value is -0.710. The van der Waals surface area contributed by atoms with E-state index in [4.69, 9.17) is 4.11 Å². The van der Waals surface area contributed by atoms with Gasteiger partial charge in [0.2, 0.25) is 0 Å². The van der Waals surface area contributed by atoms with Crippen LogP contribution in [0.15, 0.2) is 4.60 Å². The van der Waals surface area contributed by atoms with Crippen LogP contribution in [0.5, 0.6) is 0 Å². The lowest BCUT2D eigenvalue weighted by Crippen LogP contribution is -1.92. The first-order chi connectivity index (χ1) is 5.45. The van der Waals surface area contributed by atoms with Gasteiger partial charge in [0.15, 0.2) is 16.6 Å². The molecule has 5 heteroatoms. The van der Waals surface area contributed by atoms with Gasteiger partial charge in [-0.2, -0.15) is 4.80 Å². The molecule has 0 saturated carbocycles. The molecule has 0 aliphatic heterocycles. The molecule has 0 aromatic carbocycles. The highest BCUT2D eigenvalue weighted by Gasteiger charge is 2.02. The lowest BCUT2D eigenvalue weighted by molar-refractivity contribution is 0.111. The minimum absolute atomic E-state index is 0.0221. The fraction of sp³-hybridized carbons (Fsp3) is 0.250. The van der Waals surface area contributed by atoms with E-state index in [1.54, 1.807) is 0 Å². The van der Waals surface area contributed by atoms with E-state index in [0.29, 0.717) is 11.1 Å². The Labute approximate surface area is 64.2 Å². The zero-order valence-electron chi connectivity index (χ0n) is 7.21. The van der Waals surface area contributed by atoms with Crippen molar-refractivity contribution in [1.29, 1.82) is 0 Å². The summed E-state index contributed by atoms with van der Waals surface area (Å²) in [4.78, 5) is 10.8. The van der Waals surface area contributed by atoms with Crippen LogP contribution in [-0.2, 0) is 6.98 Å². The standard InChI is InChI=1S/C4H4BrN3O/c1-8-6-3(2-9)4(5)7-8/h2H,1H3/i1D3. The Morgan fingerprint density at radius 1 is 1.89 bits per heavy atom. The normalized spacial score (nSPS) is 15.9. The number of aldehydes is 1. The van der Waals surface area contributed by atoms with Crippen LogP contribution in [-0.4, -0.2) is 21.3 Å². The Bertz CT molecular complexity index is 307. The van der Waals surface area contributed by atoms with Crippen molar-refractivity contribution in [3.63, 3.8) is 0 Å². The van der Waals surface area contributed by atoms with Gasteiger partial charge in [0.25, 0.3) is 0 Å². The highest BCUT2D eigenvalue weighted by atomic mass is 79.9. The van der Waals surface area contributed by atoms with E-state index >= 15 is 0 Å². The van der Waals surface area contributed by atoms with Crippen LogP contribution in [0.25, 0.3) is 0 Å². The Kier molecular flexibility index (Phi) is 0.869. The van der Waals surface area contributed by atoms with Gasteiger partial charge >= 0.3 is 0 Å². The van der Waals surface area contributed by atoms with Crippen LogP contribution in [0.2, 0.25) is 0 Å². The van der Waals surface area contributed by atoms with E-state index < -0.39 is 6.98 Å². The van der Waals surface area contributed by atoms with Crippen molar-refractivity contribution >= 4 is 22.2 Å². The van der Waals surface area contributed by atoms with Gasteiger partial charge in [-0.3, -0.25) is 4.79 Å². The highest BCUT2D eigenvalue weighted by molar-refractivity contribution is 9.10. The summed E-state index contributed by atoms with van der Waals surface area (Å²) < 4.78 is 20.8. The van der Waals surface area contributed by atoms with E-state index in [1.807, 2.05) is 0 Å². The van der Waals surface area contributed by atoms with Crippen LogP contribution in [0.4, 0.5) is 0 Å². The number of aromatic nitrogens is 3. The minimum atomic E-state index is -2.44. The van der Waals surface area contributed by atoms with E-state index in [-0.39, 0.29) is 10.3 Å². The molecule has 0 amide bonds. The Morgan fingerprint density at radius 3 is 3.00 bits per heavy atom. The van der Waals surface area contributed by atoms with Gasteiger partial charge in [-0.15, -0.1) is 10.2 Å². The van der Waals surface area contributed by atoms with Crippen LogP contribution in [0.1, 0.15) is 14.6 Å². The molecule has 1 rings (SSSR count). The van der Waals surface area contributed by atoms with E-state index in [0.717, 1.165) is 0 Å². The summed E-state index contributed by atoms with van der Waals surface area (Å²) >= 11 is 2.89. The number of halogens is 1. The molecule has 4 nitrogen and oxygen atoms in total. The number of hydrogen-bond donors (Lipinski definition) is 0. The summed E-state index contributed by atoms with van der Waals surface area (Å²) in [5.74, 6) is 0. The quantitative estimate of drug-likeness (QED) is 0.606. The van der Waals surface area contributed by atoms with Crippen molar-refractivity contribution in [2.75, 3.05) is 0 Å². The SMILES string of the molecule is [2H]C([2H])([2H])n1nc(Br)c(C=O)n1. The highest BCUT2D eigenvalue weighted by Crippen LogP contribution is 2.06. The molecule has 0 N–H and O–H groups in total. The zero-order valence-corrected chi connectivity index (χ0v) is 5.79. The largest absolute Gasteiger partial charge is 0.296 e. The fourth-order valence-electron chi connectivity index (χ4n) is 0.372. The molecule has 0 spiro atoms. The number of carbonyl (C=O) groups is 1. The summed E-state index contributed by atoms with van der Waals surface area (Å²) in [6.07, 6.45) is 0.430. The Morgan fingerprint density at radius 2 is 2.67 bits per heavy atom. The maximum atomic E-state index is 10.2. The summed E-state index contributed by atoms with van der Waals surface area (Å²) in [7, 11) is 0. The molecule has 0 atom stereocenters. The molecular weight excluding hydrogens is 186 g/mol.